The molecule has 1 saturated carbocycles. The zero-order chi connectivity index (χ0) is 32.8. The molecule has 3 aliphatic rings. The van der Waals surface area contributed by atoms with Gasteiger partial charge in [0.1, 0.15) is 5.82 Å². The van der Waals surface area contributed by atoms with Crippen LogP contribution in [0.4, 0.5) is 4.39 Å². The maximum absolute atomic E-state index is 11.9. The molecule has 3 fully saturated rings. The van der Waals surface area contributed by atoms with Gasteiger partial charge >= 0.3 is 0 Å². The zero-order valence-electron chi connectivity index (χ0n) is 27.8. The molecule has 2 aliphatic heterocycles. The Kier molecular flexibility index (Phi) is 18.0. The van der Waals surface area contributed by atoms with Crippen molar-refractivity contribution in [3.05, 3.63) is 115 Å². The van der Waals surface area contributed by atoms with Crippen LogP contribution in [0, 0.1) is 23.6 Å². The molecule has 5 nitrogen and oxygen atoms in total. The van der Waals surface area contributed by atoms with Crippen LogP contribution in [0.25, 0.3) is 6.08 Å². The molecule has 6 heteroatoms. The van der Waals surface area contributed by atoms with Gasteiger partial charge < -0.3 is 15.7 Å². The fourth-order valence-electron chi connectivity index (χ4n) is 6.87. The highest BCUT2D eigenvalue weighted by Crippen LogP contribution is 2.32. The maximum Gasteiger partial charge on any atom is 0.290 e. The van der Waals surface area contributed by atoms with Crippen molar-refractivity contribution < 1.29 is 14.3 Å². The molecule has 3 aromatic carbocycles. The van der Waals surface area contributed by atoms with Crippen LogP contribution in [-0.4, -0.2) is 66.2 Å². The van der Waals surface area contributed by atoms with Crippen molar-refractivity contribution in [1.82, 2.24) is 9.80 Å². The van der Waals surface area contributed by atoms with Gasteiger partial charge in [-0.1, -0.05) is 116 Å². The van der Waals surface area contributed by atoms with Crippen molar-refractivity contribution in [2.45, 2.75) is 70.4 Å². The van der Waals surface area contributed by atoms with Crippen molar-refractivity contribution >= 4 is 12.5 Å². The molecule has 3 unspecified atom stereocenters. The number of hydrogen-bond donors (Lipinski definition) is 2. The number of nitrogens with two attached hydrogens (primary N) is 1. The van der Waals surface area contributed by atoms with Gasteiger partial charge in [0, 0.05) is 37.6 Å². The van der Waals surface area contributed by atoms with E-state index in [1.807, 2.05) is 36.4 Å². The molecule has 0 amide bonds. The third-order valence-corrected chi connectivity index (χ3v) is 9.61. The molecule has 3 aromatic rings. The second kappa shape index (κ2) is 22.2. The standard InChI is InChI=1S/C27H43N3.C6H5F.C6H6.CH2O2/c1-22(25-13-6-3-7-14-25)30-20-26(27(28)21-30)19-29-17-15-24(16-18-29)12-8-11-23-9-4-2-5-10-23;7-6-4-2-1-3-5-6;1-2-4-6-5-3-1;2-1-3/h2,4-5,8-11,22,24-27H,3,6-7,12-21,28H2,1H3;1-5H;1-6H;1H,(H,2,3)/b11-8+;;;. The van der Waals surface area contributed by atoms with E-state index in [0.29, 0.717) is 12.0 Å². The fourth-order valence-corrected chi connectivity index (χ4v) is 6.87. The SMILES string of the molecule is CC(C1CCCCC1)N1CC(N)C(CN2CCC(C/C=C/c3ccccc3)CC2)C1.Fc1ccccc1.O=CO.c1ccccc1. The summed E-state index contributed by atoms with van der Waals surface area (Å²) >= 11 is 0. The van der Waals surface area contributed by atoms with Crippen LogP contribution < -0.4 is 5.73 Å². The molecule has 2 heterocycles. The number of allylic oxidation sites excluding steroid dienone is 1. The van der Waals surface area contributed by atoms with Gasteiger partial charge in [-0.3, -0.25) is 9.69 Å². The molecule has 3 atom stereocenters. The van der Waals surface area contributed by atoms with Crippen molar-refractivity contribution in [1.29, 1.82) is 0 Å². The molecule has 2 saturated heterocycles. The normalized spacial score (nSPS) is 21.5. The summed E-state index contributed by atoms with van der Waals surface area (Å²) in [5.41, 5.74) is 7.94. The maximum atomic E-state index is 11.9. The van der Waals surface area contributed by atoms with Crippen LogP contribution >= 0.6 is 0 Å². The van der Waals surface area contributed by atoms with E-state index in [1.54, 1.807) is 18.2 Å². The Bertz CT molecular complexity index is 1160. The third kappa shape index (κ3) is 14.4. The fraction of sp³-hybridized carbons (Fsp3) is 0.475. The van der Waals surface area contributed by atoms with E-state index in [0.717, 1.165) is 24.4 Å². The summed E-state index contributed by atoms with van der Waals surface area (Å²) in [5.74, 6) is 2.23. The van der Waals surface area contributed by atoms with E-state index in [2.05, 4.69) is 59.2 Å². The first kappa shape index (κ1) is 37.1. The van der Waals surface area contributed by atoms with E-state index in [4.69, 9.17) is 15.6 Å². The Morgan fingerprint density at radius 2 is 1.35 bits per heavy atom. The Labute approximate surface area is 277 Å². The first-order chi connectivity index (χ1) is 22.5. The summed E-state index contributed by atoms with van der Waals surface area (Å²) in [7, 11) is 0. The lowest BCUT2D eigenvalue weighted by Gasteiger charge is -2.35. The molecule has 250 valence electrons. The Hall–Kier alpha value is -3.32. The third-order valence-electron chi connectivity index (χ3n) is 9.61. The molecule has 6 rings (SSSR count). The van der Waals surface area contributed by atoms with Crippen LogP contribution in [0.5, 0.6) is 0 Å². The lowest BCUT2D eigenvalue weighted by atomic mass is 9.84. The van der Waals surface area contributed by atoms with Gasteiger partial charge in [0.25, 0.3) is 6.47 Å². The topological polar surface area (TPSA) is 69.8 Å². The lowest BCUT2D eigenvalue weighted by Crippen LogP contribution is -2.42. The van der Waals surface area contributed by atoms with Gasteiger partial charge in [-0.2, -0.15) is 0 Å². The number of halogens is 1. The van der Waals surface area contributed by atoms with E-state index in [1.165, 1.54) is 95.2 Å². The van der Waals surface area contributed by atoms with Gasteiger partial charge in [-0.25, -0.2) is 4.39 Å². The number of likely N-dealkylation sites (tertiary alicyclic amines) is 2. The van der Waals surface area contributed by atoms with Crippen LogP contribution in [0.3, 0.4) is 0 Å². The number of hydrogen-bond acceptors (Lipinski definition) is 4. The highest BCUT2D eigenvalue weighted by atomic mass is 19.1. The van der Waals surface area contributed by atoms with Gasteiger partial charge in [-0.15, -0.1) is 0 Å². The summed E-state index contributed by atoms with van der Waals surface area (Å²) in [4.78, 5) is 13.8. The highest BCUT2D eigenvalue weighted by Gasteiger charge is 2.36. The van der Waals surface area contributed by atoms with Gasteiger partial charge in [0.15, 0.2) is 0 Å². The average molecular weight is 630 g/mol. The molecule has 3 N–H and O–H groups in total. The van der Waals surface area contributed by atoms with Crippen molar-refractivity contribution in [3.8, 4) is 0 Å². The minimum Gasteiger partial charge on any atom is -0.483 e. The van der Waals surface area contributed by atoms with Crippen LogP contribution in [-0.2, 0) is 4.79 Å². The predicted molar refractivity (Wildman–Crippen MR) is 190 cm³/mol. The van der Waals surface area contributed by atoms with Gasteiger partial charge in [-0.05, 0) is 81.6 Å². The molecular formula is C40H56FN3O2. The average Bonchev–Trinajstić information content (AvgIpc) is 3.47. The number of carboxylic acid groups (broad SMARTS) is 1. The van der Waals surface area contributed by atoms with Crippen LogP contribution in [0.2, 0.25) is 0 Å². The Morgan fingerprint density at radius 3 is 1.87 bits per heavy atom. The molecule has 1 aliphatic carbocycles. The first-order valence-electron chi connectivity index (χ1n) is 17.2. The summed E-state index contributed by atoms with van der Waals surface area (Å²) < 4.78 is 11.9. The second-order valence-corrected chi connectivity index (χ2v) is 12.9. The van der Waals surface area contributed by atoms with E-state index in [9.17, 15) is 4.39 Å². The van der Waals surface area contributed by atoms with Crippen LogP contribution in [0.1, 0.15) is 63.9 Å². The van der Waals surface area contributed by atoms with E-state index >= 15 is 0 Å². The summed E-state index contributed by atoms with van der Waals surface area (Å²) in [6.07, 6.45) is 15.8. The molecular weight excluding hydrogens is 573 g/mol. The number of rotatable bonds is 7. The molecule has 46 heavy (non-hydrogen) atoms. The number of piperidine rings is 1. The smallest absolute Gasteiger partial charge is 0.290 e. The predicted octanol–water partition coefficient (Wildman–Crippen LogP) is 8.24. The summed E-state index contributed by atoms with van der Waals surface area (Å²) in [5, 5.41) is 6.89. The number of benzene rings is 3. The molecule has 0 bridgehead atoms. The molecule has 0 aromatic heterocycles. The quantitative estimate of drug-likeness (QED) is 0.258. The second-order valence-electron chi connectivity index (χ2n) is 12.9. The number of nitrogens with zero attached hydrogens (tertiary/aromatic N) is 2. The Morgan fingerprint density at radius 1 is 0.826 bits per heavy atom. The van der Waals surface area contributed by atoms with Gasteiger partial charge in [0.2, 0.25) is 0 Å². The first-order valence-corrected chi connectivity index (χ1v) is 17.2. The number of carbonyl (C=O) groups is 1. The summed E-state index contributed by atoms with van der Waals surface area (Å²) in [6, 6.07) is 31.7. The largest absolute Gasteiger partial charge is 0.483 e. The van der Waals surface area contributed by atoms with Gasteiger partial charge in [0.05, 0.1) is 0 Å². The van der Waals surface area contributed by atoms with E-state index in [-0.39, 0.29) is 12.3 Å². The zero-order valence-corrected chi connectivity index (χ0v) is 27.8. The van der Waals surface area contributed by atoms with Crippen molar-refractivity contribution in [3.63, 3.8) is 0 Å². The van der Waals surface area contributed by atoms with E-state index < -0.39 is 0 Å². The summed E-state index contributed by atoms with van der Waals surface area (Å²) in [6.45, 7) is 8.28. The van der Waals surface area contributed by atoms with Crippen LogP contribution in [0.15, 0.2) is 103 Å². The Balaban J connectivity index is 0.000000293. The monoisotopic (exact) mass is 629 g/mol. The minimum atomic E-state index is -0.250. The van der Waals surface area contributed by atoms with Crippen molar-refractivity contribution in [2.75, 3.05) is 32.7 Å². The molecule has 0 radical (unpaired) electrons. The lowest BCUT2D eigenvalue weighted by molar-refractivity contribution is -0.122. The van der Waals surface area contributed by atoms with Crippen molar-refractivity contribution in [2.24, 2.45) is 23.5 Å². The minimum absolute atomic E-state index is 0.178. The highest BCUT2D eigenvalue weighted by molar-refractivity contribution is 5.48. The molecule has 0 spiro atoms.